The van der Waals surface area contributed by atoms with Gasteiger partial charge in [-0.2, -0.15) is 0 Å². The van der Waals surface area contributed by atoms with E-state index in [0.717, 1.165) is 38.4 Å². The first-order chi connectivity index (χ1) is 13.7. The van der Waals surface area contributed by atoms with Crippen molar-refractivity contribution in [2.45, 2.75) is 12.5 Å². The Balaban J connectivity index is 1.53. The molecule has 1 aliphatic heterocycles. The van der Waals surface area contributed by atoms with E-state index in [2.05, 4.69) is 38.0 Å². The van der Waals surface area contributed by atoms with Crippen LogP contribution in [0.15, 0.2) is 40.7 Å². The Morgan fingerprint density at radius 2 is 2.07 bits per heavy atom. The zero-order chi connectivity index (χ0) is 19.8. The Morgan fingerprint density at radius 3 is 2.79 bits per heavy atom. The standard InChI is InChI=1S/C20H26F2N4OS/c1-23-20(24-7-6-15-13-16(21)4-5-17(15)22)25-14-18(19-3-2-12-28-19)26-8-10-27-11-9-26/h2-5,12-13,18H,6-11,14H2,1H3,(H2,23,24,25). The molecule has 1 saturated heterocycles. The van der Waals surface area contributed by atoms with Crippen LogP contribution in [0.3, 0.4) is 0 Å². The zero-order valence-electron chi connectivity index (χ0n) is 16.0. The second kappa shape index (κ2) is 10.5. The fourth-order valence-corrected chi connectivity index (χ4v) is 4.10. The Kier molecular flexibility index (Phi) is 7.76. The van der Waals surface area contributed by atoms with E-state index in [1.54, 1.807) is 18.4 Å². The molecule has 1 unspecified atom stereocenters. The minimum atomic E-state index is -0.428. The number of nitrogens with one attached hydrogen (secondary N) is 2. The first-order valence-electron chi connectivity index (χ1n) is 9.41. The van der Waals surface area contributed by atoms with Gasteiger partial charge in [0.15, 0.2) is 5.96 Å². The molecule has 1 aliphatic rings. The number of thiophene rings is 1. The SMILES string of the molecule is CN=C(NCCc1cc(F)ccc1F)NCC(c1cccs1)N1CCOCC1. The molecule has 1 fully saturated rings. The highest BCUT2D eigenvalue weighted by Crippen LogP contribution is 2.25. The summed E-state index contributed by atoms with van der Waals surface area (Å²) in [5.41, 5.74) is 0.354. The highest BCUT2D eigenvalue weighted by molar-refractivity contribution is 7.10. The van der Waals surface area contributed by atoms with Crippen molar-refractivity contribution in [3.8, 4) is 0 Å². The maximum Gasteiger partial charge on any atom is 0.191 e. The van der Waals surface area contributed by atoms with Crippen LogP contribution in [0.1, 0.15) is 16.5 Å². The van der Waals surface area contributed by atoms with Crippen molar-refractivity contribution in [2.75, 3.05) is 46.4 Å². The minimum absolute atomic E-state index is 0.239. The molecule has 8 heteroatoms. The second-order valence-corrected chi connectivity index (χ2v) is 7.52. The average Bonchev–Trinajstić information content (AvgIpc) is 3.24. The first-order valence-corrected chi connectivity index (χ1v) is 10.3. The van der Waals surface area contributed by atoms with Crippen LogP contribution >= 0.6 is 11.3 Å². The van der Waals surface area contributed by atoms with Crippen LogP contribution in [0, 0.1) is 11.6 Å². The van der Waals surface area contributed by atoms with Gasteiger partial charge in [0.05, 0.1) is 19.3 Å². The molecule has 1 atom stereocenters. The molecule has 28 heavy (non-hydrogen) atoms. The number of morpholine rings is 1. The second-order valence-electron chi connectivity index (χ2n) is 6.55. The molecule has 1 aromatic heterocycles. The van der Waals surface area contributed by atoms with E-state index in [0.29, 0.717) is 31.0 Å². The van der Waals surface area contributed by atoms with Gasteiger partial charge in [-0.25, -0.2) is 8.78 Å². The van der Waals surface area contributed by atoms with Gasteiger partial charge in [-0.05, 0) is 41.6 Å². The van der Waals surface area contributed by atoms with Gasteiger partial charge in [0.2, 0.25) is 0 Å². The Bertz CT molecular complexity index is 764. The molecule has 1 aromatic carbocycles. The number of ether oxygens (including phenoxy) is 1. The third kappa shape index (κ3) is 5.73. The summed E-state index contributed by atoms with van der Waals surface area (Å²) in [4.78, 5) is 7.96. The number of hydrogen-bond donors (Lipinski definition) is 2. The lowest BCUT2D eigenvalue weighted by atomic mass is 10.1. The van der Waals surface area contributed by atoms with Gasteiger partial charge in [-0.15, -0.1) is 11.3 Å². The molecule has 0 saturated carbocycles. The summed E-state index contributed by atoms with van der Waals surface area (Å²) in [6.07, 6.45) is 0.377. The Morgan fingerprint density at radius 1 is 1.25 bits per heavy atom. The molecule has 152 valence electrons. The maximum atomic E-state index is 13.7. The summed E-state index contributed by atoms with van der Waals surface area (Å²) in [5, 5.41) is 8.63. The topological polar surface area (TPSA) is 48.9 Å². The third-order valence-electron chi connectivity index (χ3n) is 4.74. The molecule has 2 heterocycles. The zero-order valence-corrected chi connectivity index (χ0v) is 16.8. The van der Waals surface area contributed by atoms with Crippen molar-refractivity contribution in [2.24, 2.45) is 4.99 Å². The maximum absolute atomic E-state index is 13.7. The van der Waals surface area contributed by atoms with Crippen LogP contribution in [-0.2, 0) is 11.2 Å². The average molecular weight is 409 g/mol. The molecule has 2 aromatic rings. The van der Waals surface area contributed by atoms with Gasteiger partial charge in [-0.1, -0.05) is 6.07 Å². The lowest BCUT2D eigenvalue weighted by molar-refractivity contribution is 0.0177. The number of halogens is 2. The first kappa shape index (κ1) is 20.7. The smallest absolute Gasteiger partial charge is 0.191 e. The fourth-order valence-electron chi connectivity index (χ4n) is 3.24. The van der Waals surface area contributed by atoms with Crippen LogP contribution in [-0.4, -0.2) is 57.3 Å². The third-order valence-corrected chi connectivity index (χ3v) is 5.71. The largest absolute Gasteiger partial charge is 0.379 e. The number of hydrogen-bond acceptors (Lipinski definition) is 4. The monoisotopic (exact) mass is 408 g/mol. The van der Waals surface area contributed by atoms with Gasteiger partial charge in [0, 0.05) is 38.1 Å². The predicted molar refractivity (Wildman–Crippen MR) is 109 cm³/mol. The quantitative estimate of drug-likeness (QED) is 0.546. The van der Waals surface area contributed by atoms with E-state index in [1.165, 1.54) is 10.9 Å². The van der Waals surface area contributed by atoms with Crippen LogP contribution in [0.25, 0.3) is 0 Å². The molecule has 0 bridgehead atoms. The summed E-state index contributed by atoms with van der Waals surface area (Å²) < 4.78 is 32.5. The minimum Gasteiger partial charge on any atom is -0.379 e. The van der Waals surface area contributed by atoms with Crippen molar-refractivity contribution < 1.29 is 13.5 Å². The fraction of sp³-hybridized carbons (Fsp3) is 0.450. The summed E-state index contributed by atoms with van der Waals surface area (Å²) in [7, 11) is 1.70. The summed E-state index contributed by atoms with van der Waals surface area (Å²) in [6.45, 7) is 4.45. The molecule has 0 radical (unpaired) electrons. The van der Waals surface area contributed by atoms with Gasteiger partial charge >= 0.3 is 0 Å². The van der Waals surface area contributed by atoms with Crippen molar-refractivity contribution in [1.82, 2.24) is 15.5 Å². The molecule has 0 aliphatic carbocycles. The molecular weight excluding hydrogens is 382 g/mol. The number of guanidine groups is 1. The van der Waals surface area contributed by atoms with E-state index >= 15 is 0 Å². The summed E-state index contributed by atoms with van der Waals surface area (Å²) in [6, 6.07) is 7.97. The van der Waals surface area contributed by atoms with Gasteiger partial charge in [0.25, 0.3) is 0 Å². The lowest BCUT2D eigenvalue weighted by Gasteiger charge is -2.34. The van der Waals surface area contributed by atoms with E-state index in [-0.39, 0.29) is 6.04 Å². The van der Waals surface area contributed by atoms with Crippen molar-refractivity contribution in [1.29, 1.82) is 0 Å². The summed E-state index contributed by atoms with van der Waals surface area (Å²) in [5.74, 6) is -0.175. The lowest BCUT2D eigenvalue weighted by Crippen LogP contribution is -2.46. The normalized spacial score (nSPS) is 16.8. The van der Waals surface area contributed by atoms with Crippen LogP contribution in [0.4, 0.5) is 8.78 Å². The van der Waals surface area contributed by atoms with Crippen molar-refractivity contribution >= 4 is 17.3 Å². The van der Waals surface area contributed by atoms with E-state index in [1.807, 2.05) is 0 Å². The molecule has 0 spiro atoms. The molecule has 2 N–H and O–H groups in total. The number of rotatable bonds is 7. The molecule has 3 rings (SSSR count). The van der Waals surface area contributed by atoms with Crippen molar-refractivity contribution in [3.05, 3.63) is 57.8 Å². The number of aliphatic imine (C=N–C) groups is 1. The predicted octanol–water partition coefficient (Wildman–Crippen LogP) is 2.81. The number of nitrogens with zero attached hydrogens (tertiary/aromatic N) is 2. The van der Waals surface area contributed by atoms with E-state index in [4.69, 9.17) is 4.74 Å². The van der Waals surface area contributed by atoms with E-state index in [9.17, 15) is 8.78 Å². The van der Waals surface area contributed by atoms with Crippen LogP contribution < -0.4 is 10.6 Å². The number of benzene rings is 1. The Labute approximate surface area is 168 Å². The highest BCUT2D eigenvalue weighted by atomic mass is 32.1. The van der Waals surface area contributed by atoms with Crippen molar-refractivity contribution in [3.63, 3.8) is 0 Å². The molecular formula is C20H26F2N4OS. The van der Waals surface area contributed by atoms with Crippen LogP contribution in [0.5, 0.6) is 0 Å². The van der Waals surface area contributed by atoms with Gasteiger partial charge < -0.3 is 15.4 Å². The molecule has 0 amide bonds. The Hall–Kier alpha value is -2.03. The van der Waals surface area contributed by atoms with Crippen LogP contribution in [0.2, 0.25) is 0 Å². The molecule has 5 nitrogen and oxygen atoms in total. The van der Waals surface area contributed by atoms with Gasteiger partial charge in [-0.3, -0.25) is 9.89 Å². The van der Waals surface area contributed by atoms with Gasteiger partial charge in [0.1, 0.15) is 11.6 Å². The highest BCUT2D eigenvalue weighted by Gasteiger charge is 2.23. The van der Waals surface area contributed by atoms with E-state index < -0.39 is 11.6 Å². The summed E-state index contributed by atoms with van der Waals surface area (Å²) >= 11 is 1.74.